The predicted octanol–water partition coefficient (Wildman–Crippen LogP) is 4.51. The third-order valence-corrected chi connectivity index (χ3v) is 3.80. The van der Waals surface area contributed by atoms with Crippen molar-refractivity contribution in [2.75, 3.05) is 11.9 Å². The number of nitrogens with one attached hydrogen (secondary N) is 1. The van der Waals surface area contributed by atoms with Crippen LogP contribution in [0.4, 0.5) is 5.69 Å². The third-order valence-electron chi connectivity index (χ3n) is 3.00. The lowest BCUT2D eigenvalue weighted by atomic mass is 10.1. The van der Waals surface area contributed by atoms with Gasteiger partial charge in [0.2, 0.25) is 0 Å². The maximum absolute atomic E-state index is 12.0. The summed E-state index contributed by atoms with van der Waals surface area (Å²) in [6, 6.07) is 10.5. The Hall–Kier alpha value is -1.85. The normalized spacial score (nSPS) is 10.3. The van der Waals surface area contributed by atoms with E-state index in [-0.39, 0.29) is 6.61 Å². The number of carbonyl (C=O) groups is 2. The van der Waals surface area contributed by atoms with Crippen LogP contribution in [0.3, 0.4) is 0 Å². The Kier molecular flexibility index (Phi) is 5.80. The number of halogens is 2. The van der Waals surface area contributed by atoms with E-state index in [1.165, 1.54) is 0 Å². The van der Waals surface area contributed by atoms with Crippen molar-refractivity contribution in [1.29, 1.82) is 0 Å². The molecule has 0 radical (unpaired) electrons. The number of aryl methyl sites for hydroxylation is 2. The number of hydrogen-bond donors (Lipinski definition) is 1. The summed E-state index contributed by atoms with van der Waals surface area (Å²) in [6.07, 6.45) is 0. The minimum atomic E-state index is -0.533. The molecule has 120 valence electrons. The molecular weight excluding hydrogens is 382 g/mol. The van der Waals surface area contributed by atoms with Gasteiger partial charge >= 0.3 is 5.97 Å². The molecule has 1 N–H and O–H groups in total. The highest BCUT2D eigenvalue weighted by Gasteiger charge is 2.12. The molecule has 0 aliphatic heterocycles. The zero-order valence-corrected chi connectivity index (χ0v) is 15.0. The number of ether oxygens (including phenoxy) is 1. The molecule has 0 spiro atoms. The highest BCUT2D eigenvalue weighted by atomic mass is 79.9. The lowest BCUT2D eigenvalue weighted by Crippen LogP contribution is -2.21. The lowest BCUT2D eigenvalue weighted by molar-refractivity contribution is -0.119. The summed E-state index contributed by atoms with van der Waals surface area (Å²) in [5, 5.41) is 2.99. The number of amides is 1. The van der Waals surface area contributed by atoms with Crippen molar-refractivity contribution in [1.82, 2.24) is 0 Å². The van der Waals surface area contributed by atoms with E-state index in [2.05, 4.69) is 21.2 Å². The zero-order valence-electron chi connectivity index (χ0n) is 12.7. The van der Waals surface area contributed by atoms with Crippen LogP contribution in [-0.4, -0.2) is 18.5 Å². The SMILES string of the molecule is Cc1cc(C)cc(C(=O)OCC(=O)Nc2ccc(Br)cc2Cl)c1. The van der Waals surface area contributed by atoms with Gasteiger partial charge in [-0.3, -0.25) is 4.79 Å². The maximum atomic E-state index is 12.0. The van der Waals surface area contributed by atoms with Crippen molar-refractivity contribution < 1.29 is 14.3 Å². The van der Waals surface area contributed by atoms with Crippen LogP contribution in [0.5, 0.6) is 0 Å². The second-order valence-electron chi connectivity index (χ2n) is 5.12. The van der Waals surface area contributed by atoms with Crippen LogP contribution in [0.15, 0.2) is 40.9 Å². The molecular formula is C17H15BrClNO3. The Morgan fingerprint density at radius 2 is 1.78 bits per heavy atom. The van der Waals surface area contributed by atoms with Crippen molar-refractivity contribution in [2.24, 2.45) is 0 Å². The molecule has 4 nitrogen and oxygen atoms in total. The number of hydrogen-bond acceptors (Lipinski definition) is 3. The van der Waals surface area contributed by atoms with E-state index in [1.807, 2.05) is 19.9 Å². The quantitative estimate of drug-likeness (QED) is 0.773. The Bertz CT molecular complexity index is 741. The standard InChI is InChI=1S/C17H15BrClNO3/c1-10-5-11(2)7-12(6-10)17(22)23-9-16(21)20-15-4-3-13(18)8-14(15)19/h3-8H,9H2,1-2H3,(H,20,21). The van der Waals surface area contributed by atoms with Crippen LogP contribution >= 0.6 is 27.5 Å². The average Bonchev–Trinajstić information content (AvgIpc) is 2.46. The molecule has 0 aromatic heterocycles. The van der Waals surface area contributed by atoms with E-state index in [0.717, 1.165) is 15.6 Å². The average molecular weight is 397 g/mol. The van der Waals surface area contributed by atoms with Gasteiger partial charge in [-0.1, -0.05) is 44.7 Å². The fraction of sp³-hybridized carbons (Fsp3) is 0.176. The van der Waals surface area contributed by atoms with Crippen LogP contribution < -0.4 is 5.32 Å². The largest absolute Gasteiger partial charge is 0.452 e. The Morgan fingerprint density at radius 1 is 1.13 bits per heavy atom. The molecule has 2 rings (SSSR count). The summed E-state index contributed by atoms with van der Waals surface area (Å²) < 4.78 is 5.84. The number of esters is 1. The number of benzene rings is 2. The maximum Gasteiger partial charge on any atom is 0.338 e. The molecule has 0 aliphatic carbocycles. The van der Waals surface area contributed by atoms with E-state index in [4.69, 9.17) is 16.3 Å². The molecule has 1 amide bonds. The van der Waals surface area contributed by atoms with E-state index in [1.54, 1.807) is 30.3 Å². The third kappa shape index (κ3) is 5.08. The second kappa shape index (κ2) is 7.62. The molecule has 0 bridgehead atoms. The molecule has 0 saturated carbocycles. The van der Waals surface area contributed by atoms with Gasteiger partial charge in [0.25, 0.3) is 5.91 Å². The molecule has 2 aromatic carbocycles. The summed E-state index contributed by atoms with van der Waals surface area (Å²) in [5.74, 6) is -0.985. The van der Waals surface area contributed by atoms with Gasteiger partial charge < -0.3 is 10.1 Å². The molecule has 0 aliphatic rings. The topological polar surface area (TPSA) is 55.4 Å². The van der Waals surface area contributed by atoms with Crippen LogP contribution in [0.25, 0.3) is 0 Å². The molecule has 0 atom stereocenters. The number of anilines is 1. The fourth-order valence-corrected chi connectivity index (χ4v) is 2.80. The van der Waals surface area contributed by atoms with Gasteiger partial charge in [0.1, 0.15) is 0 Å². The highest BCUT2D eigenvalue weighted by molar-refractivity contribution is 9.10. The summed E-state index contributed by atoms with van der Waals surface area (Å²) in [4.78, 5) is 23.8. The first-order valence-corrected chi connectivity index (χ1v) is 8.02. The van der Waals surface area contributed by atoms with E-state index in [9.17, 15) is 9.59 Å². The number of rotatable bonds is 4. The monoisotopic (exact) mass is 395 g/mol. The van der Waals surface area contributed by atoms with Gasteiger partial charge in [0.05, 0.1) is 16.3 Å². The second-order valence-corrected chi connectivity index (χ2v) is 6.45. The van der Waals surface area contributed by atoms with Gasteiger partial charge in [0.15, 0.2) is 6.61 Å². The summed E-state index contributed by atoms with van der Waals surface area (Å²) in [6.45, 7) is 3.41. The summed E-state index contributed by atoms with van der Waals surface area (Å²) in [7, 11) is 0. The fourth-order valence-electron chi connectivity index (χ4n) is 2.08. The molecule has 0 heterocycles. The highest BCUT2D eigenvalue weighted by Crippen LogP contribution is 2.25. The van der Waals surface area contributed by atoms with Crippen molar-refractivity contribution in [3.63, 3.8) is 0 Å². The summed E-state index contributed by atoms with van der Waals surface area (Å²) >= 11 is 9.30. The minimum absolute atomic E-state index is 0.377. The Labute approximate surface area is 147 Å². The smallest absolute Gasteiger partial charge is 0.338 e. The van der Waals surface area contributed by atoms with Crippen molar-refractivity contribution in [3.8, 4) is 0 Å². The van der Waals surface area contributed by atoms with E-state index in [0.29, 0.717) is 16.3 Å². The lowest BCUT2D eigenvalue weighted by Gasteiger charge is -2.09. The first kappa shape index (κ1) is 17.5. The van der Waals surface area contributed by atoms with E-state index >= 15 is 0 Å². The predicted molar refractivity (Wildman–Crippen MR) is 94.0 cm³/mol. The van der Waals surface area contributed by atoms with Gasteiger partial charge in [-0.25, -0.2) is 4.79 Å². The minimum Gasteiger partial charge on any atom is -0.452 e. The molecule has 23 heavy (non-hydrogen) atoms. The van der Waals surface area contributed by atoms with Crippen LogP contribution in [0.2, 0.25) is 5.02 Å². The molecule has 0 fully saturated rings. The van der Waals surface area contributed by atoms with Crippen LogP contribution in [0, 0.1) is 13.8 Å². The summed E-state index contributed by atoms with van der Waals surface area (Å²) in [5.41, 5.74) is 2.81. The van der Waals surface area contributed by atoms with Gasteiger partial charge in [-0.2, -0.15) is 0 Å². The Morgan fingerprint density at radius 3 is 2.39 bits per heavy atom. The molecule has 0 saturated heterocycles. The van der Waals surface area contributed by atoms with Gasteiger partial charge in [-0.05, 0) is 44.2 Å². The first-order valence-electron chi connectivity index (χ1n) is 6.85. The molecule has 0 unspecified atom stereocenters. The number of carbonyl (C=O) groups excluding carboxylic acids is 2. The van der Waals surface area contributed by atoms with Crippen molar-refractivity contribution in [3.05, 3.63) is 62.6 Å². The van der Waals surface area contributed by atoms with Crippen LogP contribution in [0.1, 0.15) is 21.5 Å². The van der Waals surface area contributed by atoms with Gasteiger partial charge in [0, 0.05) is 4.47 Å². The zero-order chi connectivity index (χ0) is 17.0. The van der Waals surface area contributed by atoms with Gasteiger partial charge in [-0.15, -0.1) is 0 Å². The molecule has 2 aromatic rings. The molecule has 6 heteroatoms. The van der Waals surface area contributed by atoms with E-state index < -0.39 is 11.9 Å². The van der Waals surface area contributed by atoms with Crippen LogP contribution in [-0.2, 0) is 9.53 Å². The van der Waals surface area contributed by atoms with Crippen molar-refractivity contribution in [2.45, 2.75) is 13.8 Å². The Balaban J connectivity index is 1.94. The van der Waals surface area contributed by atoms with Crippen molar-refractivity contribution >= 4 is 45.1 Å². The first-order chi connectivity index (χ1) is 10.8.